The number of fused-ring (bicyclic) bond motifs is 1. The van der Waals surface area contributed by atoms with Crippen molar-refractivity contribution in [3.8, 4) is 0 Å². The van der Waals surface area contributed by atoms with Gasteiger partial charge in [0.15, 0.2) is 0 Å². The quantitative estimate of drug-likeness (QED) is 0.379. The average molecular weight is 547 g/mol. The fourth-order valence-electron chi connectivity index (χ4n) is 7.40. The number of ether oxygens (including phenoxy) is 2. The van der Waals surface area contributed by atoms with Crippen molar-refractivity contribution in [1.82, 2.24) is 4.90 Å². The summed E-state index contributed by atoms with van der Waals surface area (Å²) < 4.78 is 12.2. The Bertz CT molecular complexity index is 1310. The third-order valence-electron chi connectivity index (χ3n) is 8.97. The Labute approximate surface area is 235 Å². The zero-order chi connectivity index (χ0) is 28.8. The molecular weight excluding hydrogens is 508 g/mol. The molecule has 40 heavy (non-hydrogen) atoms. The predicted octanol–water partition coefficient (Wildman–Crippen LogP) is 3.88. The molecule has 3 aliphatic rings. The van der Waals surface area contributed by atoms with E-state index in [0.29, 0.717) is 18.4 Å². The highest BCUT2D eigenvalue weighted by molar-refractivity contribution is 6.05. The zero-order valence-corrected chi connectivity index (χ0v) is 23.6. The number of nitrogens with zero attached hydrogens (tertiary/aromatic N) is 2. The van der Waals surface area contributed by atoms with Crippen molar-refractivity contribution < 1.29 is 29.0 Å². The number of likely N-dealkylation sites (tertiary alicyclic amines) is 1. The molecule has 1 spiro atoms. The molecule has 5 rings (SSSR count). The smallest absolute Gasteiger partial charge is 0.312 e. The lowest BCUT2D eigenvalue weighted by Crippen LogP contribution is -2.57. The third kappa shape index (κ3) is 4.08. The molecule has 3 fully saturated rings. The highest BCUT2D eigenvalue weighted by Crippen LogP contribution is 2.64. The van der Waals surface area contributed by atoms with Gasteiger partial charge in [-0.2, -0.15) is 0 Å². The van der Waals surface area contributed by atoms with E-state index >= 15 is 0 Å². The van der Waals surface area contributed by atoms with Crippen LogP contribution in [-0.2, 0) is 23.9 Å². The fraction of sp³-hybridized carbons (Fsp3) is 0.469. The van der Waals surface area contributed by atoms with Gasteiger partial charge in [0, 0.05) is 12.2 Å². The Balaban J connectivity index is 1.70. The molecule has 0 saturated carbocycles. The SMILES string of the molecule is C=CCN(C(=O)C1N([C@H](CO)c2ccccc2)C(=O)[C@@H]2[C@@H](C(=O)OCC)[C@@]3(C)CCC12O3)c1c(C)cccc1C. The molecule has 6 atom stereocenters. The summed E-state index contributed by atoms with van der Waals surface area (Å²) >= 11 is 0. The van der Waals surface area contributed by atoms with Gasteiger partial charge in [-0.15, -0.1) is 6.58 Å². The molecule has 8 nitrogen and oxygen atoms in total. The number of esters is 1. The lowest BCUT2D eigenvalue weighted by molar-refractivity contribution is -0.160. The van der Waals surface area contributed by atoms with Gasteiger partial charge in [0.2, 0.25) is 5.91 Å². The number of anilines is 1. The van der Waals surface area contributed by atoms with Crippen molar-refractivity contribution in [2.24, 2.45) is 11.8 Å². The largest absolute Gasteiger partial charge is 0.466 e. The van der Waals surface area contributed by atoms with Crippen molar-refractivity contribution in [3.05, 3.63) is 77.9 Å². The van der Waals surface area contributed by atoms with E-state index in [-0.39, 0.29) is 25.0 Å². The number of aliphatic hydroxyl groups excluding tert-OH is 1. The molecule has 2 amide bonds. The van der Waals surface area contributed by atoms with E-state index in [1.165, 1.54) is 4.90 Å². The summed E-state index contributed by atoms with van der Waals surface area (Å²) in [5.74, 6) is -2.94. The molecule has 1 N–H and O–H groups in total. The number of hydrogen-bond donors (Lipinski definition) is 1. The van der Waals surface area contributed by atoms with Gasteiger partial charge in [0.1, 0.15) is 17.6 Å². The second-order valence-corrected chi connectivity index (χ2v) is 11.3. The van der Waals surface area contributed by atoms with E-state index in [0.717, 1.165) is 16.8 Å². The first kappa shape index (κ1) is 28.1. The van der Waals surface area contributed by atoms with E-state index < -0.39 is 47.7 Å². The monoisotopic (exact) mass is 546 g/mol. The zero-order valence-electron chi connectivity index (χ0n) is 23.6. The summed E-state index contributed by atoms with van der Waals surface area (Å²) in [5, 5.41) is 10.7. The number of aliphatic hydroxyl groups is 1. The number of para-hydroxylation sites is 1. The van der Waals surface area contributed by atoms with Crippen molar-refractivity contribution >= 4 is 23.5 Å². The van der Waals surface area contributed by atoms with Gasteiger partial charge in [-0.1, -0.05) is 54.6 Å². The minimum Gasteiger partial charge on any atom is -0.466 e. The molecule has 3 saturated heterocycles. The van der Waals surface area contributed by atoms with Crippen LogP contribution in [0.25, 0.3) is 0 Å². The summed E-state index contributed by atoms with van der Waals surface area (Å²) in [5.41, 5.74) is 1.10. The Morgan fingerprint density at radius 3 is 2.45 bits per heavy atom. The van der Waals surface area contributed by atoms with Gasteiger partial charge < -0.3 is 24.4 Å². The fourth-order valence-corrected chi connectivity index (χ4v) is 7.40. The summed E-state index contributed by atoms with van der Waals surface area (Å²) in [6.45, 7) is 11.4. The summed E-state index contributed by atoms with van der Waals surface area (Å²) in [6.07, 6.45) is 2.61. The molecule has 2 bridgehead atoms. The van der Waals surface area contributed by atoms with E-state index in [1.807, 2.05) is 69.3 Å². The minimum atomic E-state index is -1.24. The van der Waals surface area contributed by atoms with Crippen LogP contribution >= 0.6 is 0 Å². The normalized spacial score (nSPS) is 29.3. The van der Waals surface area contributed by atoms with Crippen molar-refractivity contribution in [2.45, 2.75) is 63.8 Å². The molecule has 3 heterocycles. The van der Waals surface area contributed by atoms with Gasteiger partial charge in [-0.3, -0.25) is 14.4 Å². The van der Waals surface area contributed by atoms with E-state index in [4.69, 9.17) is 9.47 Å². The molecule has 2 unspecified atom stereocenters. The van der Waals surface area contributed by atoms with E-state index in [9.17, 15) is 19.5 Å². The Kier molecular flexibility index (Phi) is 7.35. The molecule has 3 aliphatic heterocycles. The van der Waals surface area contributed by atoms with Gasteiger partial charge in [-0.25, -0.2) is 0 Å². The van der Waals surface area contributed by atoms with Gasteiger partial charge >= 0.3 is 5.97 Å². The van der Waals surface area contributed by atoms with Gasteiger partial charge in [0.05, 0.1) is 30.8 Å². The van der Waals surface area contributed by atoms with Gasteiger partial charge in [0.25, 0.3) is 5.91 Å². The first-order chi connectivity index (χ1) is 19.1. The van der Waals surface area contributed by atoms with Crippen LogP contribution in [0.5, 0.6) is 0 Å². The maximum atomic E-state index is 14.9. The van der Waals surface area contributed by atoms with Crippen LogP contribution in [-0.4, -0.2) is 64.8 Å². The van der Waals surface area contributed by atoms with Crippen LogP contribution < -0.4 is 4.90 Å². The van der Waals surface area contributed by atoms with Gasteiger partial charge in [-0.05, 0) is 57.2 Å². The van der Waals surface area contributed by atoms with Crippen LogP contribution in [0.2, 0.25) is 0 Å². The van der Waals surface area contributed by atoms with Crippen LogP contribution in [0.4, 0.5) is 5.69 Å². The van der Waals surface area contributed by atoms with Crippen molar-refractivity contribution in [3.63, 3.8) is 0 Å². The number of hydrogen-bond acceptors (Lipinski definition) is 6. The number of aryl methyl sites for hydroxylation is 2. The number of rotatable bonds is 9. The average Bonchev–Trinajstić information content (AvgIpc) is 3.50. The number of carbonyl (C=O) groups excluding carboxylic acids is 3. The van der Waals surface area contributed by atoms with Crippen LogP contribution in [0.1, 0.15) is 49.4 Å². The number of benzene rings is 2. The highest BCUT2D eigenvalue weighted by Gasteiger charge is 2.79. The Hall–Kier alpha value is -3.49. The molecule has 8 heteroatoms. The molecule has 212 valence electrons. The maximum absolute atomic E-state index is 14.9. The lowest BCUT2D eigenvalue weighted by Gasteiger charge is -2.40. The maximum Gasteiger partial charge on any atom is 0.312 e. The van der Waals surface area contributed by atoms with Crippen molar-refractivity contribution in [2.75, 3.05) is 24.7 Å². The summed E-state index contributed by atoms with van der Waals surface area (Å²) in [7, 11) is 0. The molecular formula is C32H38N2O6. The van der Waals surface area contributed by atoms with Crippen molar-refractivity contribution in [1.29, 1.82) is 0 Å². The number of amides is 2. The summed E-state index contributed by atoms with van der Waals surface area (Å²) in [4.78, 5) is 45.9. The molecule has 0 aliphatic carbocycles. The molecule has 0 aromatic heterocycles. The molecule has 0 radical (unpaired) electrons. The minimum absolute atomic E-state index is 0.175. The second-order valence-electron chi connectivity index (χ2n) is 11.3. The topological polar surface area (TPSA) is 96.4 Å². The first-order valence-electron chi connectivity index (χ1n) is 14.0. The van der Waals surface area contributed by atoms with Crippen LogP contribution in [0.15, 0.2) is 61.2 Å². The second kappa shape index (κ2) is 10.5. The Morgan fingerprint density at radius 1 is 1.18 bits per heavy atom. The first-order valence-corrected chi connectivity index (χ1v) is 14.0. The Morgan fingerprint density at radius 2 is 1.85 bits per heavy atom. The number of carbonyl (C=O) groups is 3. The van der Waals surface area contributed by atoms with Crippen LogP contribution in [0.3, 0.4) is 0 Å². The third-order valence-corrected chi connectivity index (χ3v) is 8.97. The lowest BCUT2D eigenvalue weighted by atomic mass is 9.66. The standard InChI is InChI=1S/C32H38N2O6/c1-6-18-33(26-20(3)12-11-13-21(26)4)29(37)27-32-17-16-31(5,40-32)25(30(38)39-7-2)24(32)28(36)34(27)23(19-35)22-14-9-8-10-15-22/h6,8-15,23-25,27,35H,1,7,16-19H2,2-5H3/t23-,24+,25+,27?,31-,32?/m1/s1. The molecule has 2 aromatic carbocycles. The summed E-state index contributed by atoms with van der Waals surface area (Å²) in [6, 6.07) is 13.1. The van der Waals surface area contributed by atoms with E-state index in [2.05, 4.69) is 6.58 Å². The van der Waals surface area contributed by atoms with E-state index in [1.54, 1.807) is 17.9 Å². The molecule has 2 aromatic rings. The predicted molar refractivity (Wildman–Crippen MR) is 150 cm³/mol. The highest BCUT2D eigenvalue weighted by atomic mass is 16.6. The van der Waals surface area contributed by atoms with Crippen LogP contribution in [0, 0.1) is 25.7 Å².